The quantitative estimate of drug-likeness (QED) is 0.0648. The molecular formula is C37H48F6N2O6. The minimum absolute atomic E-state index is 0.0231. The summed E-state index contributed by atoms with van der Waals surface area (Å²) < 4.78 is 102. The van der Waals surface area contributed by atoms with Crippen molar-refractivity contribution in [3.8, 4) is 22.6 Å². The number of alkyl halides is 6. The van der Waals surface area contributed by atoms with Gasteiger partial charge < -0.3 is 30.1 Å². The number of benzene rings is 2. The highest BCUT2D eigenvalue weighted by molar-refractivity contribution is 5.84. The van der Waals surface area contributed by atoms with Crippen molar-refractivity contribution in [3.05, 3.63) is 58.4 Å². The minimum atomic E-state index is -5.01. The summed E-state index contributed by atoms with van der Waals surface area (Å²) in [5, 5.41) is 0.306. The molecule has 0 saturated carbocycles. The summed E-state index contributed by atoms with van der Waals surface area (Å²) in [6.45, 7) is 10.2. The average molecular weight is 731 g/mol. The molecule has 8 nitrogen and oxygen atoms in total. The predicted molar refractivity (Wildman–Crippen MR) is 182 cm³/mol. The summed E-state index contributed by atoms with van der Waals surface area (Å²) >= 11 is 0. The maximum atomic E-state index is 13.7. The van der Waals surface area contributed by atoms with Crippen molar-refractivity contribution in [2.45, 2.75) is 111 Å². The molecule has 3 aromatic rings. The van der Waals surface area contributed by atoms with Crippen LogP contribution in [0.5, 0.6) is 11.5 Å². The number of aryl methyl sites for hydroxylation is 1. The van der Waals surface area contributed by atoms with E-state index in [-0.39, 0.29) is 28.9 Å². The molecule has 51 heavy (non-hydrogen) atoms. The highest BCUT2D eigenvalue weighted by atomic mass is 19.4. The second-order valence-corrected chi connectivity index (χ2v) is 15.2. The lowest BCUT2D eigenvalue weighted by Crippen LogP contribution is -2.58. The zero-order valence-electron chi connectivity index (χ0n) is 30.1. The lowest BCUT2D eigenvalue weighted by Gasteiger charge is -2.43. The maximum Gasteiger partial charge on any atom is 0.573 e. The van der Waals surface area contributed by atoms with Crippen LogP contribution in [0.25, 0.3) is 22.1 Å². The molecular weight excluding hydrogens is 682 g/mol. The molecule has 0 radical (unpaired) electrons. The molecule has 14 heteroatoms. The third-order valence-corrected chi connectivity index (χ3v) is 8.79. The monoisotopic (exact) mass is 730 g/mol. The summed E-state index contributed by atoms with van der Waals surface area (Å²) in [6, 6.07) is 9.73. The van der Waals surface area contributed by atoms with Gasteiger partial charge in [0, 0.05) is 33.5 Å². The smallest absolute Gasteiger partial charge is 0.493 e. The fraction of sp³-hybridized carbons (Fsp3) is 0.568. The largest absolute Gasteiger partial charge is 0.573 e. The van der Waals surface area contributed by atoms with E-state index >= 15 is 0 Å². The Balaban J connectivity index is 1.89. The Hall–Kier alpha value is -3.78. The normalized spacial score (nSPS) is 15.3. The minimum Gasteiger partial charge on any atom is -0.493 e. The van der Waals surface area contributed by atoms with E-state index in [2.05, 4.69) is 4.74 Å². The number of unbranched alkanes of at least 4 members (excludes halogenated alkanes) is 2. The first-order valence-corrected chi connectivity index (χ1v) is 16.7. The summed E-state index contributed by atoms with van der Waals surface area (Å²) in [6.07, 6.45) is -7.80. The average Bonchev–Trinajstić information content (AvgIpc) is 2.96. The molecule has 0 aliphatic carbocycles. The lowest BCUT2D eigenvalue weighted by atomic mass is 9.67. The van der Waals surface area contributed by atoms with Gasteiger partial charge in [0.15, 0.2) is 0 Å². The number of carbonyl (C=O) groups is 1. The lowest BCUT2D eigenvalue weighted by molar-refractivity contribution is -0.274. The van der Waals surface area contributed by atoms with E-state index in [4.69, 9.17) is 25.4 Å². The topological polar surface area (TPSA) is 127 Å². The highest BCUT2D eigenvalue weighted by Gasteiger charge is 2.50. The van der Waals surface area contributed by atoms with Crippen LogP contribution in [0.4, 0.5) is 26.3 Å². The van der Waals surface area contributed by atoms with E-state index in [9.17, 15) is 35.9 Å². The van der Waals surface area contributed by atoms with Crippen LogP contribution >= 0.6 is 0 Å². The van der Waals surface area contributed by atoms with Crippen molar-refractivity contribution in [2.75, 3.05) is 13.2 Å². The number of esters is 1. The first kappa shape index (κ1) is 41.6. The number of fused-ring (bicyclic) bond motifs is 1. The Bertz CT molecular complexity index is 1720. The molecule has 1 aromatic heterocycles. The molecule has 0 aliphatic rings. The Kier molecular flexibility index (Phi) is 12.6. The van der Waals surface area contributed by atoms with Gasteiger partial charge in [-0.15, -0.1) is 13.2 Å². The van der Waals surface area contributed by atoms with Crippen molar-refractivity contribution in [1.82, 2.24) is 0 Å². The predicted octanol–water partition coefficient (Wildman–Crippen LogP) is 8.84. The van der Waals surface area contributed by atoms with E-state index in [0.29, 0.717) is 17.4 Å². The summed E-state index contributed by atoms with van der Waals surface area (Å²) in [5.41, 5.74) is 6.75. The molecule has 1 heterocycles. The fourth-order valence-electron chi connectivity index (χ4n) is 5.86. The van der Waals surface area contributed by atoms with Gasteiger partial charge in [0.2, 0.25) is 0 Å². The summed E-state index contributed by atoms with van der Waals surface area (Å²) in [7, 11) is 0. The number of hydrogen-bond donors (Lipinski definition) is 2. The standard InChI is InChI=1S/C37H48F6N2O6/c1-8-9-10-11-23-12-15-26(29(16-23)51-37(41,42)43)27-17-24-13-14-25(18-28(24)50-30(27)46)48-21-34(6,20-36(38,39)40)22-49-31(47)35(7,33(4,5)45)19-32(2,3)44/h12-18H,8-11,19-22,44-45H2,1-7H3. The van der Waals surface area contributed by atoms with Gasteiger partial charge in [0.25, 0.3) is 0 Å². The molecule has 284 valence electrons. The van der Waals surface area contributed by atoms with Crippen molar-refractivity contribution in [3.63, 3.8) is 0 Å². The molecule has 0 aliphatic heterocycles. The zero-order chi connectivity index (χ0) is 38.6. The van der Waals surface area contributed by atoms with Gasteiger partial charge in [-0.25, -0.2) is 4.79 Å². The van der Waals surface area contributed by atoms with Gasteiger partial charge in [-0.3, -0.25) is 4.79 Å². The number of nitrogens with two attached hydrogens (primary N) is 2. The fourth-order valence-corrected chi connectivity index (χ4v) is 5.86. The highest BCUT2D eigenvalue weighted by Crippen LogP contribution is 2.40. The summed E-state index contributed by atoms with van der Waals surface area (Å²) in [5.74, 6) is -1.32. The maximum absolute atomic E-state index is 13.7. The molecule has 0 bridgehead atoms. The van der Waals surface area contributed by atoms with Crippen LogP contribution in [-0.4, -0.2) is 42.8 Å². The van der Waals surface area contributed by atoms with E-state index in [0.717, 1.165) is 19.3 Å². The SMILES string of the molecule is CCCCCc1ccc(-c2cc3ccc(OCC(C)(COC(=O)C(C)(CC(C)(C)N)C(C)(C)N)CC(F)(F)F)cc3oc2=O)c(OC(F)(F)F)c1. The Labute approximate surface area is 293 Å². The van der Waals surface area contributed by atoms with Gasteiger partial charge in [-0.1, -0.05) is 38.8 Å². The van der Waals surface area contributed by atoms with E-state index in [1.807, 2.05) is 6.92 Å². The molecule has 4 N–H and O–H groups in total. The van der Waals surface area contributed by atoms with Crippen LogP contribution in [0, 0.1) is 10.8 Å². The van der Waals surface area contributed by atoms with Crippen LogP contribution in [0.1, 0.15) is 86.1 Å². The van der Waals surface area contributed by atoms with Crippen LogP contribution in [0.3, 0.4) is 0 Å². The number of rotatable bonds is 16. The van der Waals surface area contributed by atoms with E-state index in [1.54, 1.807) is 40.7 Å². The number of halogens is 6. The van der Waals surface area contributed by atoms with Gasteiger partial charge in [0.05, 0.1) is 24.0 Å². The van der Waals surface area contributed by atoms with Crippen molar-refractivity contribution >= 4 is 16.9 Å². The summed E-state index contributed by atoms with van der Waals surface area (Å²) in [4.78, 5) is 26.4. The zero-order valence-corrected chi connectivity index (χ0v) is 30.1. The van der Waals surface area contributed by atoms with Gasteiger partial charge in [0.1, 0.15) is 23.7 Å². The molecule has 0 amide bonds. The van der Waals surface area contributed by atoms with Crippen molar-refractivity contribution in [2.24, 2.45) is 22.3 Å². The van der Waals surface area contributed by atoms with Gasteiger partial charge in [-0.2, -0.15) is 13.2 Å². The molecule has 0 spiro atoms. The van der Waals surface area contributed by atoms with Crippen LogP contribution in [-0.2, 0) is 16.0 Å². The number of carbonyl (C=O) groups excluding carboxylic acids is 1. The molecule has 2 aromatic carbocycles. The van der Waals surface area contributed by atoms with Crippen LogP contribution < -0.4 is 26.6 Å². The first-order valence-electron chi connectivity index (χ1n) is 16.7. The van der Waals surface area contributed by atoms with Crippen LogP contribution in [0.2, 0.25) is 0 Å². The van der Waals surface area contributed by atoms with Crippen molar-refractivity contribution < 1.29 is 49.8 Å². The third-order valence-electron chi connectivity index (χ3n) is 8.79. The van der Waals surface area contributed by atoms with E-state index < -0.39 is 71.4 Å². The Morgan fingerprint density at radius 1 is 0.824 bits per heavy atom. The molecule has 0 saturated heterocycles. The van der Waals surface area contributed by atoms with Crippen molar-refractivity contribution in [1.29, 1.82) is 0 Å². The molecule has 3 rings (SSSR count). The van der Waals surface area contributed by atoms with Gasteiger partial charge in [-0.05, 0) is 83.7 Å². The number of hydrogen-bond acceptors (Lipinski definition) is 8. The second kappa shape index (κ2) is 15.4. The van der Waals surface area contributed by atoms with Gasteiger partial charge >= 0.3 is 24.1 Å². The second-order valence-electron chi connectivity index (χ2n) is 15.2. The van der Waals surface area contributed by atoms with E-state index in [1.165, 1.54) is 43.3 Å². The third kappa shape index (κ3) is 11.9. The van der Waals surface area contributed by atoms with Crippen LogP contribution in [0.15, 0.2) is 51.7 Å². The molecule has 2 unspecified atom stereocenters. The Morgan fingerprint density at radius 2 is 1.49 bits per heavy atom. The Morgan fingerprint density at radius 3 is 2.06 bits per heavy atom. The number of ether oxygens (including phenoxy) is 3. The molecule has 0 fully saturated rings. The molecule has 2 atom stereocenters. The first-order chi connectivity index (χ1) is 23.2.